The van der Waals surface area contributed by atoms with E-state index in [1.165, 1.54) is 137 Å². The highest BCUT2D eigenvalue weighted by Crippen LogP contribution is 2.63. The van der Waals surface area contributed by atoms with Gasteiger partial charge in [0.25, 0.3) is 11.1 Å². The van der Waals surface area contributed by atoms with Crippen molar-refractivity contribution in [2.45, 2.75) is 221 Å². The number of benzene rings is 2. The van der Waals surface area contributed by atoms with E-state index in [1.54, 1.807) is 11.7 Å². The summed E-state index contributed by atoms with van der Waals surface area (Å²) in [7, 11) is 6.73. The summed E-state index contributed by atoms with van der Waals surface area (Å²) in [5, 5.41) is 10.7. The van der Waals surface area contributed by atoms with E-state index in [2.05, 4.69) is 94.6 Å². The Kier molecular flexibility index (Phi) is 30.9. The van der Waals surface area contributed by atoms with Crippen molar-refractivity contribution >= 4 is 63.4 Å². The maximum Gasteiger partial charge on any atom is 0.403 e. The van der Waals surface area contributed by atoms with Gasteiger partial charge in [-0.05, 0) is 226 Å². The van der Waals surface area contributed by atoms with E-state index in [9.17, 15) is 29.1 Å². The van der Waals surface area contributed by atoms with Crippen molar-refractivity contribution in [3.8, 4) is 0 Å². The van der Waals surface area contributed by atoms with E-state index < -0.39 is 22.9 Å². The Hall–Kier alpha value is -4.57. The van der Waals surface area contributed by atoms with Gasteiger partial charge >= 0.3 is 17.3 Å². The van der Waals surface area contributed by atoms with Gasteiger partial charge in [-0.3, -0.25) is 29.0 Å². The van der Waals surface area contributed by atoms with Gasteiger partial charge in [-0.1, -0.05) is 99.4 Å². The van der Waals surface area contributed by atoms with Crippen LogP contribution < -0.4 is 11.1 Å². The minimum Gasteiger partial charge on any atom is -0.476 e. The van der Waals surface area contributed by atoms with Crippen LogP contribution >= 0.6 is 24.0 Å². The quantitative estimate of drug-likeness (QED) is 0.0774. The lowest BCUT2D eigenvalue weighted by atomic mass is 9.45. The zero-order valence-electron chi connectivity index (χ0n) is 62.1. The Morgan fingerprint density at radius 1 is 0.643 bits per heavy atom. The zero-order chi connectivity index (χ0) is 70.3. The lowest BCUT2D eigenvalue weighted by molar-refractivity contribution is -0.111. The highest BCUT2D eigenvalue weighted by Gasteiger charge is 2.55. The summed E-state index contributed by atoms with van der Waals surface area (Å²) < 4.78 is 17.7. The predicted molar refractivity (Wildman–Crippen MR) is 395 cm³/mol. The Labute approximate surface area is 597 Å². The van der Waals surface area contributed by atoms with Gasteiger partial charge < -0.3 is 38.3 Å². The van der Waals surface area contributed by atoms with Gasteiger partial charge in [0.15, 0.2) is 5.69 Å². The van der Waals surface area contributed by atoms with Crippen LogP contribution in [0.3, 0.4) is 0 Å². The highest BCUT2D eigenvalue weighted by atomic mass is 35.5. The van der Waals surface area contributed by atoms with Gasteiger partial charge in [0.05, 0.1) is 49.0 Å². The first-order valence-electron chi connectivity index (χ1n) is 37.3. The summed E-state index contributed by atoms with van der Waals surface area (Å²) in [5.41, 5.74) is 2.05. The molecule has 12 atom stereocenters. The molecule has 11 aliphatic rings. The molecule has 98 heavy (non-hydrogen) atoms. The van der Waals surface area contributed by atoms with E-state index in [-0.39, 0.29) is 41.4 Å². The lowest BCUT2D eigenvalue weighted by Crippen LogP contribution is -2.55. The van der Waals surface area contributed by atoms with Crippen LogP contribution in [0.4, 0.5) is 4.79 Å². The number of carbonyl (C=O) groups is 3. The maximum atomic E-state index is 13.8. The summed E-state index contributed by atoms with van der Waals surface area (Å²) >= 11 is 4.86. The number of rotatable bonds is 17. The first-order valence-corrected chi connectivity index (χ1v) is 37.7. The zero-order valence-corrected chi connectivity index (χ0v) is 63.6. The number of hydrogen-bond acceptors (Lipinski definition) is 15. The Morgan fingerprint density at radius 2 is 1.05 bits per heavy atom. The van der Waals surface area contributed by atoms with Crippen molar-refractivity contribution in [2.75, 3.05) is 101 Å². The molecule has 7 heterocycles. The lowest BCUT2D eigenvalue weighted by Gasteiger charge is -2.60. The molecule has 6 aliphatic carbocycles. The van der Waals surface area contributed by atoms with Crippen LogP contribution in [0.15, 0.2) is 58.1 Å². The minimum absolute atomic E-state index is 0. The molecule has 2 aromatic heterocycles. The summed E-state index contributed by atoms with van der Waals surface area (Å²) in [5.74, 6) is 4.07. The number of ether oxygens (including phenoxy) is 3. The van der Waals surface area contributed by atoms with Gasteiger partial charge in [0.1, 0.15) is 0 Å². The van der Waals surface area contributed by atoms with Gasteiger partial charge in [0, 0.05) is 81.7 Å². The van der Waals surface area contributed by atoms with Crippen LogP contribution in [-0.4, -0.2) is 191 Å². The fourth-order valence-corrected chi connectivity index (χ4v) is 18.5. The number of piperidine rings is 4. The molecule has 550 valence electrons. The molecule has 0 radical (unpaired) electrons. The van der Waals surface area contributed by atoms with Crippen molar-refractivity contribution in [1.82, 2.24) is 43.8 Å². The molecule has 1 N–H and O–H groups in total. The molecule has 19 nitrogen and oxygen atoms in total. The number of hydroxylamine groups is 2. The van der Waals surface area contributed by atoms with Crippen LogP contribution in [0, 0.1) is 52.3 Å². The molecule has 15 rings (SSSR count). The summed E-state index contributed by atoms with van der Waals surface area (Å²) in [6.07, 6.45) is 22.2. The highest BCUT2D eigenvalue weighted by molar-refractivity contribution is 6.61. The number of carboxylic acid groups (broad SMARTS) is 1. The summed E-state index contributed by atoms with van der Waals surface area (Å²) in [6.45, 7) is 33.6. The molecule has 5 aliphatic heterocycles. The average Bonchev–Trinajstić information content (AvgIpc) is 0.762. The minimum atomic E-state index is -1.24. The predicted octanol–water partition coefficient (Wildman–Crippen LogP) is 14.6. The maximum absolute atomic E-state index is 13.8. The summed E-state index contributed by atoms with van der Waals surface area (Å²) in [4.78, 5) is 85.6. The molecule has 1 amide bonds. The molecule has 11 fully saturated rings. The third-order valence-corrected chi connectivity index (χ3v) is 24.5. The fourth-order valence-electron chi connectivity index (χ4n) is 18.4. The number of methoxy groups -OCH3 is 1. The molecule has 4 aromatic rings. The molecular formula is C77H123Cl2N9O10. The number of para-hydroxylation sites is 4. The van der Waals surface area contributed by atoms with E-state index in [0.717, 1.165) is 110 Å². The first-order chi connectivity index (χ1) is 46.4. The number of likely N-dealkylation sites (N-methyl/N-ethyl adjacent to an activating group) is 1. The van der Waals surface area contributed by atoms with Crippen LogP contribution in [0.25, 0.3) is 22.1 Å². The Balaban J connectivity index is 0.000000202. The third-order valence-electron chi connectivity index (χ3n) is 24.4. The van der Waals surface area contributed by atoms with Crippen molar-refractivity contribution in [2.24, 2.45) is 52.3 Å². The summed E-state index contributed by atoms with van der Waals surface area (Å²) in [6, 6.07) is 17.3. The van der Waals surface area contributed by atoms with Crippen LogP contribution in [-0.2, 0) is 19.0 Å². The molecule has 21 heteroatoms. The number of fused-ring (bicyclic) bond motifs is 10. The Morgan fingerprint density at radius 3 is 1.37 bits per heavy atom. The van der Waals surface area contributed by atoms with Crippen molar-refractivity contribution in [3.05, 3.63) is 80.6 Å². The molecule has 2 unspecified atom stereocenters. The molecule has 6 saturated carbocycles. The average molecular weight is 1410 g/mol. The number of hydrogen-bond donors (Lipinski definition) is 1. The van der Waals surface area contributed by atoms with Gasteiger partial charge in [-0.2, -0.15) is 0 Å². The van der Waals surface area contributed by atoms with Gasteiger partial charge in [-0.15, -0.1) is 12.4 Å². The third kappa shape index (κ3) is 19.6. The van der Waals surface area contributed by atoms with Crippen molar-refractivity contribution in [3.63, 3.8) is 0 Å². The molecule has 8 bridgehead atoms. The second-order valence-corrected chi connectivity index (χ2v) is 31.1. The van der Waals surface area contributed by atoms with E-state index >= 15 is 0 Å². The first kappa shape index (κ1) is 80.7. The van der Waals surface area contributed by atoms with Crippen LogP contribution in [0.2, 0.25) is 0 Å². The van der Waals surface area contributed by atoms with Gasteiger partial charge in [-0.25, -0.2) is 24.6 Å². The second kappa shape index (κ2) is 37.6. The smallest absolute Gasteiger partial charge is 0.403 e. The molecule has 2 aromatic carbocycles. The van der Waals surface area contributed by atoms with Crippen LogP contribution in [0.5, 0.6) is 0 Å². The number of aromatic nitrogens is 4. The van der Waals surface area contributed by atoms with Gasteiger partial charge in [0.2, 0.25) is 5.69 Å². The molecule has 5 saturated heterocycles. The van der Waals surface area contributed by atoms with E-state index in [1.807, 2.05) is 73.9 Å². The van der Waals surface area contributed by atoms with E-state index in [4.69, 9.17) is 21.2 Å². The standard InChI is InChI=1S/C30H42N4O3.C28H37N3O3.C6H15N.C5H9ClO2.C5H11NO.C3H8O.ClH/c1-30(2)20-13-12-19(24(30)16-20)14-15-33-21-8-7-9-22(33)18-23(17-21)34-26-11-6-5-10-25(26)31-27(29(34)36)28(35)32(3)37-4;1-28(2)18-11-10-17(22(28)14-18)12-13-30-19-6-5-7-20(30)16-21(15-19)31-24-9-4-3-8-23(24)29-25(26(31)32)27(33)34;1-4-7(5-2)6-3;1-4(2)3-8-5(6)7;1-6-2-4-7-5-3-6;1-3-4-2;/h5-6,10-11,19-24H,7-9,12-18H2,1-4H3;3-4,8-9,17-22H,5-7,10-16H2,1-2H3,(H,33,34);4-6H2,1-3H3;4H,3H2,1-2H3;2-5H2,1H3;3H2,1-2H3;1H/t19-,20-,21-,22+,23?,24-;17-,18-,19-,20+,21?,22-;;;;;/m00...../s1. The molecular weight excluding hydrogens is 1280 g/mol. The number of carboxylic acids is 1. The van der Waals surface area contributed by atoms with Crippen molar-refractivity contribution < 1.29 is 38.5 Å². The Bertz CT molecular complexity index is 3260. The molecule has 0 spiro atoms. The van der Waals surface area contributed by atoms with Crippen molar-refractivity contribution in [1.29, 1.82) is 0 Å². The monoisotopic (exact) mass is 1400 g/mol. The number of nitrogens with zero attached hydrogens (tertiary/aromatic N) is 9. The number of aromatic carboxylic acids is 1. The topological polar surface area (TPSA) is 194 Å². The SMILES string of the molecule is CC(C)COC(=O)Cl.CC1(C)[C@H]2CC[C@@H](CCN3[C@@H]4CCC[C@H]3CC(n3c(=O)c(C(=O)O)nc5ccccc53)C4)[C@@H]1C2.CCN(CC)CC.CCOC.CN1CCOCC1.CON(C)C(=O)c1nc2ccccc2n(C2C[C@H]3CCC[C@@H](C2)N3CC[C@@H]2CC[C@H]3C[C@@H]2C3(C)C)c1=O.Cl. The normalized spacial score (nSPS) is 27.9. The van der Waals surface area contributed by atoms with E-state index in [0.29, 0.717) is 58.6 Å². The fraction of sp³-hybridized carbons (Fsp3) is 0.753. The number of amides is 1. The second-order valence-electron chi connectivity index (χ2n) is 30.8. The number of morpholine rings is 1. The van der Waals surface area contributed by atoms with Crippen LogP contribution in [0.1, 0.15) is 218 Å². The number of halogens is 2. The number of carbonyl (C=O) groups excluding carboxylic acids is 2. The largest absolute Gasteiger partial charge is 0.476 e.